The Kier molecular flexibility index (Phi) is 4.87. The van der Waals surface area contributed by atoms with Gasteiger partial charge in [0.2, 0.25) is 4.96 Å². The first kappa shape index (κ1) is 16.3. The lowest BCUT2D eigenvalue weighted by molar-refractivity contribution is 0.301. The summed E-state index contributed by atoms with van der Waals surface area (Å²) >= 11 is 3.36. The SMILES string of the molecule is Cc1cccc(OCc2nn3c(CSC(C)C)nnc3s2)c1C. The Morgan fingerprint density at radius 3 is 2.87 bits per heavy atom. The Balaban J connectivity index is 1.72. The predicted molar refractivity (Wildman–Crippen MR) is 95.3 cm³/mol. The summed E-state index contributed by atoms with van der Waals surface area (Å²) in [5.74, 6) is 2.62. The first-order valence-electron chi connectivity index (χ1n) is 7.55. The average Bonchev–Trinajstić information content (AvgIpc) is 3.07. The fourth-order valence-electron chi connectivity index (χ4n) is 2.11. The van der Waals surface area contributed by atoms with Crippen LogP contribution in [-0.2, 0) is 12.4 Å². The van der Waals surface area contributed by atoms with E-state index in [4.69, 9.17) is 4.74 Å². The highest BCUT2D eigenvalue weighted by Crippen LogP contribution is 2.23. The van der Waals surface area contributed by atoms with Crippen LogP contribution in [0.1, 0.15) is 35.8 Å². The quantitative estimate of drug-likeness (QED) is 0.673. The van der Waals surface area contributed by atoms with Crippen molar-refractivity contribution in [3.05, 3.63) is 40.2 Å². The maximum atomic E-state index is 5.92. The van der Waals surface area contributed by atoms with Gasteiger partial charge in [0, 0.05) is 0 Å². The highest BCUT2D eigenvalue weighted by molar-refractivity contribution is 7.99. The molecule has 3 aromatic rings. The topological polar surface area (TPSA) is 52.3 Å². The van der Waals surface area contributed by atoms with Gasteiger partial charge >= 0.3 is 0 Å². The average molecular weight is 348 g/mol. The molecule has 1 aromatic carbocycles. The van der Waals surface area contributed by atoms with E-state index in [9.17, 15) is 0 Å². The van der Waals surface area contributed by atoms with Gasteiger partial charge in [0.15, 0.2) is 10.8 Å². The molecule has 3 rings (SSSR count). The minimum absolute atomic E-state index is 0.453. The minimum atomic E-state index is 0.453. The third-order valence-electron chi connectivity index (χ3n) is 3.55. The molecule has 7 heteroatoms. The summed E-state index contributed by atoms with van der Waals surface area (Å²) < 4.78 is 7.76. The molecule has 0 saturated carbocycles. The zero-order valence-corrected chi connectivity index (χ0v) is 15.4. The number of ether oxygens (including phenoxy) is 1. The number of rotatable bonds is 6. The summed E-state index contributed by atoms with van der Waals surface area (Å²) in [7, 11) is 0. The summed E-state index contributed by atoms with van der Waals surface area (Å²) in [5, 5.41) is 14.5. The van der Waals surface area contributed by atoms with Crippen molar-refractivity contribution < 1.29 is 4.74 Å². The van der Waals surface area contributed by atoms with Crippen molar-refractivity contribution in [1.29, 1.82) is 0 Å². The lowest BCUT2D eigenvalue weighted by Crippen LogP contribution is -2.00. The molecule has 0 aliphatic heterocycles. The summed E-state index contributed by atoms with van der Waals surface area (Å²) in [4.78, 5) is 0.823. The number of thioether (sulfide) groups is 1. The van der Waals surface area contributed by atoms with Crippen LogP contribution in [0.4, 0.5) is 0 Å². The third kappa shape index (κ3) is 3.67. The van der Waals surface area contributed by atoms with Crippen molar-refractivity contribution >= 4 is 28.1 Å². The van der Waals surface area contributed by atoms with E-state index in [0.29, 0.717) is 11.9 Å². The summed E-state index contributed by atoms with van der Waals surface area (Å²) in [6.07, 6.45) is 0. The molecule has 0 N–H and O–H groups in total. The standard InChI is InChI=1S/C16H20N4OS2/c1-10(2)22-9-14-17-18-16-20(14)19-15(23-16)8-21-13-7-5-6-11(3)12(13)4/h5-7,10H,8-9H2,1-4H3. The maximum absolute atomic E-state index is 5.92. The van der Waals surface area contributed by atoms with Crippen LogP contribution >= 0.6 is 23.1 Å². The molecular weight excluding hydrogens is 328 g/mol. The summed E-state index contributed by atoms with van der Waals surface area (Å²) in [5.41, 5.74) is 2.40. The van der Waals surface area contributed by atoms with Crippen LogP contribution in [0.5, 0.6) is 5.75 Å². The lowest BCUT2D eigenvalue weighted by atomic mass is 10.1. The molecule has 0 unspecified atom stereocenters. The Morgan fingerprint density at radius 1 is 1.26 bits per heavy atom. The molecule has 0 aliphatic rings. The lowest BCUT2D eigenvalue weighted by Gasteiger charge is -2.09. The second-order valence-corrected chi connectivity index (χ2v) is 8.26. The van der Waals surface area contributed by atoms with E-state index in [0.717, 1.165) is 27.3 Å². The molecule has 0 saturated heterocycles. The fourth-order valence-corrected chi connectivity index (χ4v) is 3.53. The van der Waals surface area contributed by atoms with E-state index < -0.39 is 0 Å². The van der Waals surface area contributed by atoms with E-state index in [1.807, 2.05) is 28.4 Å². The zero-order valence-electron chi connectivity index (χ0n) is 13.7. The molecule has 2 heterocycles. The van der Waals surface area contributed by atoms with Crippen molar-refractivity contribution in [3.63, 3.8) is 0 Å². The van der Waals surface area contributed by atoms with Gasteiger partial charge in [-0.05, 0) is 36.3 Å². The molecule has 0 amide bonds. The number of aromatic nitrogens is 4. The highest BCUT2D eigenvalue weighted by Gasteiger charge is 2.13. The van der Waals surface area contributed by atoms with Crippen LogP contribution in [0.3, 0.4) is 0 Å². The second kappa shape index (κ2) is 6.88. The minimum Gasteiger partial charge on any atom is -0.486 e. The monoisotopic (exact) mass is 348 g/mol. The van der Waals surface area contributed by atoms with E-state index in [-0.39, 0.29) is 0 Å². The van der Waals surface area contributed by atoms with Gasteiger partial charge in [-0.15, -0.1) is 10.2 Å². The van der Waals surface area contributed by atoms with Crippen molar-refractivity contribution in [1.82, 2.24) is 19.8 Å². The third-order valence-corrected chi connectivity index (χ3v) is 5.51. The van der Waals surface area contributed by atoms with E-state index in [1.165, 1.54) is 22.5 Å². The number of fused-ring (bicyclic) bond motifs is 1. The molecule has 23 heavy (non-hydrogen) atoms. The van der Waals surface area contributed by atoms with Crippen LogP contribution in [0.15, 0.2) is 18.2 Å². The van der Waals surface area contributed by atoms with Crippen LogP contribution in [-0.4, -0.2) is 25.1 Å². The van der Waals surface area contributed by atoms with E-state index in [2.05, 4.69) is 49.1 Å². The zero-order chi connectivity index (χ0) is 16.4. The predicted octanol–water partition coefficient (Wildman–Crippen LogP) is 4.02. The molecule has 5 nitrogen and oxygen atoms in total. The normalized spacial score (nSPS) is 11.5. The maximum Gasteiger partial charge on any atom is 0.234 e. The molecule has 2 aromatic heterocycles. The number of hydrogen-bond donors (Lipinski definition) is 0. The molecule has 0 fully saturated rings. The van der Waals surface area contributed by atoms with Gasteiger partial charge < -0.3 is 4.74 Å². The molecular formula is C16H20N4OS2. The van der Waals surface area contributed by atoms with Crippen molar-refractivity contribution in [2.75, 3.05) is 0 Å². The first-order valence-corrected chi connectivity index (χ1v) is 9.41. The molecule has 0 spiro atoms. The van der Waals surface area contributed by atoms with Crippen molar-refractivity contribution in [2.45, 2.75) is 45.3 Å². The Hall–Kier alpha value is -1.60. The van der Waals surface area contributed by atoms with Gasteiger partial charge in [0.05, 0.1) is 5.75 Å². The molecule has 0 atom stereocenters. The second-order valence-electron chi connectivity index (χ2n) is 5.65. The van der Waals surface area contributed by atoms with Crippen LogP contribution in [0, 0.1) is 13.8 Å². The van der Waals surface area contributed by atoms with Gasteiger partial charge in [-0.1, -0.05) is 37.3 Å². The first-order chi connectivity index (χ1) is 11.0. The Morgan fingerprint density at radius 2 is 2.09 bits per heavy atom. The van der Waals surface area contributed by atoms with Crippen LogP contribution < -0.4 is 4.74 Å². The van der Waals surface area contributed by atoms with E-state index >= 15 is 0 Å². The van der Waals surface area contributed by atoms with Crippen molar-refractivity contribution in [2.24, 2.45) is 0 Å². The Labute approximate surface area is 144 Å². The van der Waals surface area contributed by atoms with E-state index in [1.54, 1.807) is 0 Å². The number of aryl methyl sites for hydroxylation is 1. The smallest absolute Gasteiger partial charge is 0.234 e. The van der Waals surface area contributed by atoms with Crippen LogP contribution in [0.25, 0.3) is 4.96 Å². The molecule has 0 radical (unpaired) electrons. The van der Waals surface area contributed by atoms with Crippen LogP contribution in [0.2, 0.25) is 0 Å². The number of hydrogen-bond acceptors (Lipinski definition) is 6. The number of benzene rings is 1. The molecule has 0 bridgehead atoms. The molecule has 0 aliphatic carbocycles. The highest BCUT2D eigenvalue weighted by atomic mass is 32.2. The fraction of sp³-hybridized carbons (Fsp3) is 0.438. The number of nitrogens with zero attached hydrogens (tertiary/aromatic N) is 4. The summed E-state index contributed by atoms with van der Waals surface area (Å²) in [6.45, 7) is 8.96. The Bertz CT molecular complexity index is 810. The van der Waals surface area contributed by atoms with Gasteiger partial charge in [-0.2, -0.15) is 21.4 Å². The van der Waals surface area contributed by atoms with Gasteiger partial charge in [-0.3, -0.25) is 0 Å². The summed E-state index contributed by atoms with van der Waals surface area (Å²) in [6, 6.07) is 6.09. The van der Waals surface area contributed by atoms with Gasteiger partial charge in [-0.25, -0.2) is 0 Å². The van der Waals surface area contributed by atoms with Gasteiger partial charge in [0.1, 0.15) is 12.4 Å². The van der Waals surface area contributed by atoms with Gasteiger partial charge in [0.25, 0.3) is 0 Å². The van der Waals surface area contributed by atoms with Crippen molar-refractivity contribution in [3.8, 4) is 5.75 Å². The largest absolute Gasteiger partial charge is 0.486 e. The molecule has 122 valence electrons.